The summed E-state index contributed by atoms with van der Waals surface area (Å²) in [4.78, 5) is 0. The molecule has 2 rings (SSSR count). The summed E-state index contributed by atoms with van der Waals surface area (Å²) >= 11 is 4.80. The van der Waals surface area contributed by atoms with Crippen LogP contribution >= 0.6 is 27.3 Å². The van der Waals surface area contributed by atoms with Gasteiger partial charge in [-0.3, -0.25) is 0 Å². The third-order valence-corrected chi connectivity index (χ3v) is 3.51. The summed E-state index contributed by atoms with van der Waals surface area (Å²) in [5, 5.41) is 28.3. The van der Waals surface area contributed by atoms with Crippen LogP contribution in [-0.4, -0.2) is 22.3 Å². The van der Waals surface area contributed by atoms with E-state index >= 15 is 0 Å². The van der Waals surface area contributed by atoms with E-state index in [2.05, 4.69) is 15.9 Å². The highest BCUT2D eigenvalue weighted by molar-refractivity contribution is 9.11. The average molecular weight is 273 g/mol. The molecule has 0 saturated carbocycles. The zero-order valence-electron chi connectivity index (χ0n) is 6.94. The van der Waals surface area contributed by atoms with Crippen molar-refractivity contribution in [2.75, 3.05) is 0 Å². The maximum Gasteiger partial charge on any atom is 0.492 e. The summed E-state index contributed by atoms with van der Waals surface area (Å²) in [6.45, 7) is 0. The summed E-state index contributed by atoms with van der Waals surface area (Å²) in [6.07, 6.45) is 0. The Hall–Kier alpha value is -0.555. The molecule has 2 aromatic rings. The third-order valence-electron chi connectivity index (χ3n) is 1.91. The number of phenolic OH excluding ortho intramolecular Hbond substituents is 1. The number of rotatable bonds is 1. The Kier molecular flexibility index (Phi) is 2.53. The lowest BCUT2D eigenvalue weighted by Gasteiger charge is -2.02. The molecule has 0 unspecified atom stereocenters. The van der Waals surface area contributed by atoms with Crippen molar-refractivity contribution >= 4 is 49.9 Å². The number of aromatic hydroxyl groups is 1. The number of hydrogen-bond acceptors (Lipinski definition) is 4. The maximum absolute atomic E-state index is 9.46. The van der Waals surface area contributed by atoms with E-state index in [0.717, 1.165) is 13.9 Å². The second-order valence-electron chi connectivity index (χ2n) is 2.87. The SMILES string of the molecule is OB(O)c1cc2sc(Br)cc2cc1O. The van der Waals surface area contributed by atoms with Crippen LogP contribution in [-0.2, 0) is 0 Å². The Labute approximate surface area is 92.9 Å². The average Bonchev–Trinajstić information content (AvgIpc) is 2.42. The van der Waals surface area contributed by atoms with E-state index in [1.165, 1.54) is 17.4 Å². The van der Waals surface area contributed by atoms with Crippen molar-refractivity contribution in [3.8, 4) is 5.75 Å². The highest BCUT2D eigenvalue weighted by Gasteiger charge is 2.17. The van der Waals surface area contributed by atoms with E-state index in [0.29, 0.717) is 0 Å². The van der Waals surface area contributed by atoms with Crippen LogP contribution in [0, 0.1) is 0 Å². The Balaban J connectivity index is 2.70. The van der Waals surface area contributed by atoms with Gasteiger partial charge in [0.05, 0.1) is 3.79 Å². The first-order chi connectivity index (χ1) is 6.58. The van der Waals surface area contributed by atoms with Crippen molar-refractivity contribution in [2.24, 2.45) is 0 Å². The normalized spacial score (nSPS) is 10.8. The zero-order chi connectivity index (χ0) is 10.3. The van der Waals surface area contributed by atoms with E-state index < -0.39 is 7.12 Å². The van der Waals surface area contributed by atoms with Crippen LogP contribution in [0.2, 0.25) is 0 Å². The highest BCUT2D eigenvalue weighted by atomic mass is 79.9. The van der Waals surface area contributed by atoms with Crippen LogP contribution in [0.4, 0.5) is 0 Å². The molecule has 3 nitrogen and oxygen atoms in total. The predicted molar refractivity (Wildman–Crippen MR) is 61.0 cm³/mol. The molecule has 0 bridgehead atoms. The van der Waals surface area contributed by atoms with Gasteiger partial charge in [0, 0.05) is 10.2 Å². The van der Waals surface area contributed by atoms with Gasteiger partial charge in [-0.1, -0.05) is 0 Å². The van der Waals surface area contributed by atoms with Crippen molar-refractivity contribution in [3.63, 3.8) is 0 Å². The van der Waals surface area contributed by atoms with Gasteiger partial charge >= 0.3 is 7.12 Å². The lowest BCUT2D eigenvalue weighted by molar-refractivity contribution is 0.420. The minimum atomic E-state index is -1.64. The van der Waals surface area contributed by atoms with Gasteiger partial charge < -0.3 is 15.2 Å². The summed E-state index contributed by atoms with van der Waals surface area (Å²) in [6, 6.07) is 4.96. The Morgan fingerprint density at radius 1 is 1.21 bits per heavy atom. The van der Waals surface area contributed by atoms with E-state index in [1.54, 1.807) is 6.07 Å². The van der Waals surface area contributed by atoms with Crippen molar-refractivity contribution in [3.05, 3.63) is 22.0 Å². The van der Waals surface area contributed by atoms with Gasteiger partial charge in [0.15, 0.2) is 0 Å². The zero-order valence-corrected chi connectivity index (χ0v) is 9.34. The Bertz CT molecular complexity index is 483. The van der Waals surface area contributed by atoms with Gasteiger partial charge in [-0.15, -0.1) is 11.3 Å². The van der Waals surface area contributed by atoms with Gasteiger partial charge in [-0.2, -0.15) is 0 Å². The standard InChI is InChI=1S/C8H6BBrO3S/c10-8-2-4-1-6(11)5(9(12)13)3-7(4)14-8/h1-3,11-13H. The van der Waals surface area contributed by atoms with Crippen molar-refractivity contribution in [1.82, 2.24) is 0 Å². The van der Waals surface area contributed by atoms with Gasteiger partial charge in [-0.25, -0.2) is 0 Å². The number of hydrogen-bond donors (Lipinski definition) is 3. The molecule has 0 fully saturated rings. The van der Waals surface area contributed by atoms with Crippen LogP contribution in [0.5, 0.6) is 5.75 Å². The number of thiophene rings is 1. The molecule has 72 valence electrons. The molecule has 1 heterocycles. The molecule has 1 aromatic heterocycles. The molecule has 0 aliphatic heterocycles. The van der Waals surface area contributed by atoms with Crippen molar-refractivity contribution in [1.29, 1.82) is 0 Å². The van der Waals surface area contributed by atoms with E-state index in [1.807, 2.05) is 6.07 Å². The smallest absolute Gasteiger partial charge is 0.492 e. The molecule has 6 heteroatoms. The molecule has 0 aliphatic rings. The van der Waals surface area contributed by atoms with Crippen LogP contribution in [0.25, 0.3) is 10.1 Å². The van der Waals surface area contributed by atoms with Gasteiger partial charge in [0.25, 0.3) is 0 Å². The lowest BCUT2D eigenvalue weighted by Crippen LogP contribution is -2.29. The fourth-order valence-electron chi connectivity index (χ4n) is 1.27. The van der Waals surface area contributed by atoms with Crippen LogP contribution < -0.4 is 5.46 Å². The molecule has 1 aromatic carbocycles. The van der Waals surface area contributed by atoms with E-state index in [-0.39, 0.29) is 11.2 Å². The first-order valence-electron chi connectivity index (χ1n) is 3.86. The van der Waals surface area contributed by atoms with Crippen molar-refractivity contribution < 1.29 is 15.2 Å². The number of fused-ring (bicyclic) bond motifs is 1. The van der Waals surface area contributed by atoms with E-state index in [4.69, 9.17) is 10.0 Å². The Morgan fingerprint density at radius 2 is 1.93 bits per heavy atom. The lowest BCUT2D eigenvalue weighted by atomic mass is 9.79. The number of phenols is 1. The molecule has 0 atom stereocenters. The third kappa shape index (κ3) is 1.66. The fourth-order valence-corrected chi connectivity index (χ4v) is 2.85. The first-order valence-corrected chi connectivity index (χ1v) is 5.47. The Morgan fingerprint density at radius 3 is 2.57 bits per heavy atom. The molecule has 0 saturated heterocycles. The van der Waals surface area contributed by atoms with Crippen LogP contribution in [0.3, 0.4) is 0 Å². The van der Waals surface area contributed by atoms with Gasteiger partial charge in [0.2, 0.25) is 0 Å². The number of halogens is 1. The van der Waals surface area contributed by atoms with Gasteiger partial charge in [-0.05, 0) is 39.5 Å². The minimum absolute atomic E-state index is 0.0993. The number of benzene rings is 1. The quantitative estimate of drug-likeness (QED) is 0.680. The summed E-state index contributed by atoms with van der Waals surface area (Å²) in [7, 11) is -1.64. The second-order valence-corrected chi connectivity index (χ2v) is 5.34. The molecule has 0 radical (unpaired) electrons. The predicted octanol–water partition coefficient (Wildman–Crippen LogP) is 1.05. The maximum atomic E-state index is 9.46. The molecular formula is C8H6BBrO3S. The topological polar surface area (TPSA) is 60.7 Å². The second kappa shape index (κ2) is 3.54. The van der Waals surface area contributed by atoms with Crippen LogP contribution in [0.1, 0.15) is 0 Å². The monoisotopic (exact) mass is 272 g/mol. The minimum Gasteiger partial charge on any atom is -0.508 e. The summed E-state index contributed by atoms with van der Waals surface area (Å²) in [5.41, 5.74) is 0.131. The van der Waals surface area contributed by atoms with E-state index in [9.17, 15) is 5.11 Å². The van der Waals surface area contributed by atoms with Crippen LogP contribution in [0.15, 0.2) is 22.0 Å². The van der Waals surface area contributed by atoms with Gasteiger partial charge in [0.1, 0.15) is 5.75 Å². The molecule has 0 spiro atoms. The summed E-state index contributed by atoms with van der Waals surface area (Å²) < 4.78 is 1.84. The molecule has 0 aliphatic carbocycles. The summed E-state index contributed by atoms with van der Waals surface area (Å²) in [5.74, 6) is -0.0993. The molecule has 14 heavy (non-hydrogen) atoms. The highest BCUT2D eigenvalue weighted by Crippen LogP contribution is 2.30. The molecule has 3 N–H and O–H groups in total. The fraction of sp³-hybridized carbons (Fsp3) is 0. The molecule has 0 amide bonds. The van der Waals surface area contributed by atoms with Crippen molar-refractivity contribution in [2.45, 2.75) is 0 Å². The largest absolute Gasteiger partial charge is 0.508 e. The first kappa shape index (κ1) is 9.98. The molecular weight excluding hydrogens is 267 g/mol.